The summed E-state index contributed by atoms with van der Waals surface area (Å²) in [6, 6.07) is 0. The van der Waals surface area contributed by atoms with Crippen molar-refractivity contribution in [2.24, 2.45) is 0 Å². The number of nitrogens with zero attached hydrogens (tertiary/aromatic N) is 3. The number of hydrogen-bond acceptors (Lipinski definition) is 1. The summed E-state index contributed by atoms with van der Waals surface area (Å²) in [7, 11) is 3.95. The van der Waals surface area contributed by atoms with E-state index in [1.165, 1.54) is 6.21 Å². The van der Waals surface area contributed by atoms with Crippen molar-refractivity contribution in [1.82, 2.24) is 4.90 Å². The summed E-state index contributed by atoms with van der Waals surface area (Å²) in [6.07, 6.45) is 2.30. The van der Waals surface area contributed by atoms with Crippen molar-refractivity contribution in [3.63, 3.8) is 0 Å². The second-order valence-corrected chi connectivity index (χ2v) is 1.89. The molecule has 3 nitrogen and oxygen atoms in total. The van der Waals surface area contributed by atoms with Crippen molar-refractivity contribution < 1.29 is 4.79 Å². The summed E-state index contributed by atoms with van der Waals surface area (Å²) < 4.78 is 0. The van der Waals surface area contributed by atoms with Crippen LogP contribution in [0, 0.1) is 0 Å². The van der Waals surface area contributed by atoms with Crippen molar-refractivity contribution in [1.29, 1.82) is 0 Å². The highest BCUT2D eigenvalue weighted by atomic mass is 15.0. The Labute approximate surface area is 49.5 Å². The molecule has 0 aromatic heterocycles. The van der Waals surface area contributed by atoms with Gasteiger partial charge in [0.25, 0.3) is 6.21 Å². The van der Waals surface area contributed by atoms with Crippen LogP contribution in [0.2, 0.25) is 0 Å². The van der Waals surface area contributed by atoms with Crippen LogP contribution in [0.15, 0.2) is 0 Å². The summed E-state index contributed by atoms with van der Waals surface area (Å²) in [5.74, 6) is 0. The van der Waals surface area contributed by atoms with Crippen LogP contribution in [0.1, 0.15) is 6.42 Å². The average molecular weight is 113 g/mol. The zero-order valence-electron chi connectivity index (χ0n) is 5.33. The molecule has 8 heavy (non-hydrogen) atoms. The Morgan fingerprint density at radius 3 is 2.62 bits per heavy atom. The van der Waals surface area contributed by atoms with Gasteiger partial charge in [0, 0.05) is 6.54 Å². The van der Waals surface area contributed by atoms with Gasteiger partial charge in [0.05, 0.1) is 6.42 Å². The Balaban J connectivity index is 3.05. The lowest BCUT2D eigenvalue weighted by Crippen LogP contribution is -2.12. The van der Waals surface area contributed by atoms with E-state index in [4.69, 9.17) is 5.53 Å². The van der Waals surface area contributed by atoms with Gasteiger partial charge < -0.3 is 10.4 Å². The molecule has 46 valence electrons. The zero-order valence-corrected chi connectivity index (χ0v) is 5.33. The van der Waals surface area contributed by atoms with Gasteiger partial charge in [-0.15, -0.1) is 0 Å². The summed E-state index contributed by atoms with van der Waals surface area (Å²) in [5.41, 5.74) is 7.93. The first-order valence-electron chi connectivity index (χ1n) is 2.58. The lowest BCUT2D eigenvalue weighted by molar-refractivity contribution is 0.000496. The van der Waals surface area contributed by atoms with Crippen molar-refractivity contribution in [2.75, 3.05) is 20.6 Å². The summed E-state index contributed by atoms with van der Waals surface area (Å²) in [4.78, 5) is 4.89. The third kappa shape index (κ3) is 5.34. The topological polar surface area (TPSA) is 39.6 Å². The molecule has 0 aliphatic carbocycles. The Hall–Kier alpha value is -0.660. The van der Waals surface area contributed by atoms with Gasteiger partial charge in [-0.2, -0.15) is 4.79 Å². The first-order chi connectivity index (χ1) is 3.77. The summed E-state index contributed by atoms with van der Waals surface area (Å²) in [6.45, 7) is 0.935. The highest BCUT2D eigenvalue weighted by Gasteiger charge is 1.87. The Kier molecular flexibility index (Phi) is 4.13. The minimum atomic E-state index is 0.809. The van der Waals surface area contributed by atoms with E-state index in [-0.39, 0.29) is 0 Å². The molecule has 0 aromatic rings. The van der Waals surface area contributed by atoms with E-state index in [0.29, 0.717) is 0 Å². The van der Waals surface area contributed by atoms with E-state index >= 15 is 0 Å². The molecule has 0 unspecified atom stereocenters. The smallest absolute Gasteiger partial charge is 0.258 e. The predicted octanol–water partition coefficient (Wildman–Crippen LogP) is 0.239. The molecule has 0 spiro atoms. The van der Waals surface area contributed by atoms with Crippen LogP contribution in [0.3, 0.4) is 0 Å². The fraction of sp³-hybridized carbons (Fsp3) is 0.800. The molecule has 0 aliphatic rings. The van der Waals surface area contributed by atoms with Gasteiger partial charge in [-0.05, 0) is 14.1 Å². The molecule has 0 heterocycles. The van der Waals surface area contributed by atoms with Gasteiger partial charge >= 0.3 is 0 Å². The number of rotatable bonds is 3. The quantitative estimate of drug-likeness (QED) is 0.293. The third-order valence-corrected chi connectivity index (χ3v) is 0.787. The molecule has 0 N–H and O–H groups in total. The van der Waals surface area contributed by atoms with Gasteiger partial charge in [0.2, 0.25) is 0 Å². The van der Waals surface area contributed by atoms with Gasteiger partial charge in [-0.1, -0.05) is 0 Å². The van der Waals surface area contributed by atoms with Crippen LogP contribution in [0.5, 0.6) is 0 Å². The first-order valence-corrected chi connectivity index (χ1v) is 2.58. The largest absolute Gasteiger partial charge is 0.362 e. The van der Waals surface area contributed by atoms with Crippen LogP contribution in [0.25, 0.3) is 5.53 Å². The number of hydrogen-bond donors (Lipinski definition) is 0. The van der Waals surface area contributed by atoms with E-state index in [1.807, 2.05) is 19.0 Å². The molecule has 0 amide bonds. The molecule has 0 saturated carbocycles. The summed E-state index contributed by atoms with van der Waals surface area (Å²) >= 11 is 0. The van der Waals surface area contributed by atoms with Gasteiger partial charge in [0.15, 0.2) is 0 Å². The molecule has 0 radical (unpaired) electrons. The average Bonchev–Trinajstić information content (AvgIpc) is 1.66. The van der Waals surface area contributed by atoms with E-state index < -0.39 is 0 Å². The fourth-order valence-electron chi connectivity index (χ4n) is 0.374. The molecule has 0 aromatic carbocycles. The van der Waals surface area contributed by atoms with Crippen LogP contribution < -0.4 is 0 Å². The molecule has 0 bridgehead atoms. The Bertz CT molecular complexity index is 91.8. The standard InChI is InChI=1S/C5H11N3/c1-8(2)5-3-4-7-6/h4H,3,5H2,1-2H3. The maximum absolute atomic E-state index is 7.93. The van der Waals surface area contributed by atoms with Crippen molar-refractivity contribution >= 4 is 6.21 Å². The van der Waals surface area contributed by atoms with Crippen LogP contribution >= 0.6 is 0 Å². The van der Waals surface area contributed by atoms with E-state index in [2.05, 4.69) is 4.79 Å². The van der Waals surface area contributed by atoms with Crippen molar-refractivity contribution in [3.05, 3.63) is 5.53 Å². The molecule has 0 saturated heterocycles. The third-order valence-electron chi connectivity index (χ3n) is 0.787. The van der Waals surface area contributed by atoms with Crippen LogP contribution in [0.4, 0.5) is 0 Å². The second kappa shape index (κ2) is 4.50. The molecule has 0 atom stereocenters. The maximum atomic E-state index is 7.93. The van der Waals surface area contributed by atoms with E-state index in [9.17, 15) is 0 Å². The minimum absolute atomic E-state index is 0.809. The molecular formula is C5H11N3. The molecule has 3 heteroatoms. The van der Waals surface area contributed by atoms with Crippen molar-refractivity contribution in [2.45, 2.75) is 6.42 Å². The van der Waals surface area contributed by atoms with Crippen molar-refractivity contribution in [3.8, 4) is 0 Å². The Morgan fingerprint density at radius 2 is 2.25 bits per heavy atom. The normalized spacial score (nSPS) is 8.88. The lowest BCUT2D eigenvalue weighted by atomic mass is 10.4. The Morgan fingerprint density at radius 1 is 1.62 bits per heavy atom. The first kappa shape index (κ1) is 7.34. The molecule has 0 fully saturated rings. The molecule has 0 aliphatic heterocycles. The molecule has 0 rings (SSSR count). The molecular weight excluding hydrogens is 102 g/mol. The van der Waals surface area contributed by atoms with Gasteiger partial charge in [-0.3, -0.25) is 0 Å². The van der Waals surface area contributed by atoms with E-state index in [1.54, 1.807) is 0 Å². The SMILES string of the molecule is CN(C)CCC=[N+]=[N-]. The second-order valence-electron chi connectivity index (χ2n) is 1.89. The highest BCUT2D eigenvalue weighted by Crippen LogP contribution is 1.75. The minimum Gasteiger partial charge on any atom is -0.362 e. The van der Waals surface area contributed by atoms with Crippen LogP contribution in [-0.4, -0.2) is 36.5 Å². The monoisotopic (exact) mass is 113 g/mol. The summed E-state index contributed by atoms with van der Waals surface area (Å²) in [5, 5.41) is 0. The van der Waals surface area contributed by atoms with Gasteiger partial charge in [-0.25, -0.2) is 0 Å². The maximum Gasteiger partial charge on any atom is 0.258 e. The predicted molar refractivity (Wildman–Crippen MR) is 32.9 cm³/mol. The fourth-order valence-corrected chi connectivity index (χ4v) is 0.374. The lowest BCUT2D eigenvalue weighted by Gasteiger charge is -2.02. The highest BCUT2D eigenvalue weighted by molar-refractivity contribution is 5.50. The van der Waals surface area contributed by atoms with Crippen LogP contribution in [-0.2, 0) is 0 Å². The van der Waals surface area contributed by atoms with Gasteiger partial charge in [0.1, 0.15) is 0 Å². The van der Waals surface area contributed by atoms with E-state index in [0.717, 1.165) is 13.0 Å². The zero-order chi connectivity index (χ0) is 6.41.